The van der Waals surface area contributed by atoms with Gasteiger partial charge in [-0.2, -0.15) is 4.31 Å². The summed E-state index contributed by atoms with van der Waals surface area (Å²) in [5.74, 6) is 0.515. The van der Waals surface area contributed by atoms with Gasteiger partial charge in [0.1, 0.15) is 18.0 Å². The summed E-state index contributed by atoms with van der Waals surface area (Å²) in [5, 5.41) is 13.5. The van der Waals surface area contributed by atoms with Crippen LogP contribution < -0.4 is 10.1 Å². The van der Waals surface area contributed by atoms with Gasteiger partial charge >= 0.3 is 6.09 Å². The molecule has 2 saturated heterocycles. The smallest absolute Gasteiger partial charge is 0.408 e. The summed E-state index contributed by atoms with van der Waals surface area (Å²) >= 11 is 0. The number of nitrogens with one attached hydrogen (secondary N) is 1. The second-order valence-electron chi connectivity index (χ2n) is 13.1. The maximum Gasteiger partial charge on any atom is 0.408 e. The first-order valence-electron chi connectivity index (χ1n) is 15.6. The Labute approximate surface area is 267 Å². The van der Waals surface area contributed by atoms with Gasteiger partial charge in [-0.25, -0.2) is 13.2 Å². The fraction of sp³-hybridized carbons (Fsp3) is 0.606. The molecule has 2 heterocycles. The number of benzene rings is 2. The zero-order chi connectivity index (χ0) is 32.8. The number of methoxy groups -OCH3 is 1. The van der Waals surface area contributed by atoms with Crippen molar-refractivity contribution in [1.29, 1.82) is 0 Å². The van der Waals surface area contributed by atoms with Gasteiger partial charge in [-0.1, -0.05) is 44.2 Å². The zero-order valence-corrected chi connectivity index (χ0v) is 28.1. The van der Waals surface area contributed by atoms with Gasteiger partial charge < -0.3 is 34.3 Å². The minimum Gasteiger partial charge on any atom is -0.496 e. The summed E-state index contributed by atoms with van der Waals surface area (Å²) in [7, 11) is 1.40. The SMILES string of the molecule is COc1ccc(S(=O)(=O)N(Cc2ccccc2)[C@H](NC(=O)O[C@H]2CO[C@H]3OCC[C@H]32)[C@@H](C)O)cc1CC(C)(C)CCCN(C)C. The van der Waals surface area contributed by atoms with E-state index in [1.807, 2.05) is 32.3 Å². The molecule has 12 heteroatoms. The molecule has 2 aromatic rings. The highest BCUT2D eigenvalue weighted by Crippen LogP contribution is 2.35. The van der Waals surface area contributed by atoms with Gasteiger partial charge in [0, 0.05) is 6.54 Å². The van der Waals surface area contributed by atoms with Crippen molar-refractivity contribution >= 4 is 16.1 Å². The van der Waals surface area contributed by atoms with Crippen molar-refractivity contribution < 1.29 is 37.3 Å². The van der Waals surface area contributed by atoms with E-state index in [1.54, 1.807) is 31.4 Å². The Balaban J connectivity index is 1.63. The number of fused-ring (bicyclic) bond motifs is 1. The maximum atomic E-state index is 14.5. The van der Waals surface area contributed by atoms with E-state index in [4.69, 9.17) is 18.9 Å². The first kappa shape index (κ1) is 35.1. The molecule has 0 saturated carbocycles. The summed E-state index contributed by atoms with van der Waals surface area (Å²) in [6.07, 6.45) is -1.13. The van der Waals surface area contributed by atoms with Crippen molar-refractivity contribution in [3.8, 4) is 5.75 Å². The molecule has 1 amide bonds. The van der Waals surface area contributed by atoms with Crippen molar-refractivity contribution in [2.24, 2.45) is 11.3 Å². The quantitative estimate of drug-likeness (QED) is 0.276. The normalized spacial score (nSPS) is 21.5. The van der Waals surface area contributed by atoms with E-state index in [0.29, 0.717) is 30.8 Å². The largest absolute Gasteiger partial charge is 0.496 e. The number of nitrogens with zero attached hydrogens (tertiary/aromatic N) is 2. The highest BCUT2D eigenvalue weighted by Gasteiger charge is 2.44. The van der Waals surface area contributed by atoms with E-state index in [2.05, 4.69) is 24.1 Å². The van der Waals surface area contributed by atoms with E-state index >= 15 is 0 Å². The molecule has 250 valence electrons. The topological polar surface area (TPSA) is 127 Å². The van der Waals surface area contributed by atoms with Gasteiger partial charge in [-0.05, 0) is 88.0 Å². The molecule has 5 atom stereocenters. The summed E-state index contributed by atoms with van der Waals surface area (Å²) < 4.78 is 52.5. The molecule has 2 aliphatic heterocycles. The van der Waals surface area contributed by atoms with Crippen molar-refractivity contribution in [3.63, 3.8) is 0 Å². The van der Waals surface area contributed by atoms with Crippen LogP contribution >= 0.6 is 0 Å². The molecular formula is C33H49N3O8S. The summed E-state index contributed by atoms with van der Waals surface area (Å²) in [5.41, 5.74) is 1.34. The molecule has 0 aromatic heterocycles. The number of carbonyl (C=O) groups is 1. The minimum atomic E-state index is -4.27. The van der Waals surface area contributed by atoms with Crippen LogP contribution in [0.3, 0.4) is 0 Å². The van der Waals surface area contributed by atoms with Crippen LogP contribution in [0, 0.1) is 11.3 Å². The Morgan fingerprint density at radius 1 is 1.16 bits per heavy atom. The maximum absolute atomic E-state index is 14.5. The number of amides is 1. The van der Waals surface area contributed by atoms with E-state index in [9.17, 15) is 18.3 Å². The van der Waals surface area contributed by atoms with Gasteiger partial charge in [0.05, 0.1) is 37.2 Å². The third-order valence-corrected chi connectivity index (χ3v) is 10.3. The fourth-order valence-corrected chi connectivity index (χ4v) is 7.68. The number of carbonyl (C=O) groups excluding carboxylic acids is 1. The Hall–Kier alpha value is -2.74. The third-order valence-electron chi connectivity index (χ3n) is 8.44. The van der Waals surface area contributed by atoms with Gasteiger partial charge in [-0.15, -0.1) is 0 Å². The highest BCUT2D eigenvalue weighted by atomic mass is 32.2. The van der Waals surface area contributed by atoms with Crippen molar-refractivity contribution in [2.75, 3.05) is 41.0 Å². The highest BCUT2D eigenvalue weighted by molar-refractivity contribution is 7.89. The molecule has 0 unspecified atom stereocenters. The predicted molar refractivity (Wildman–Crippen MR) is 170 cm³/mol. The van der Waals surface area contributed by atoms with E-state index in [1.165, 1.54) is 13.0 Å². The lowest BCUT2D eigenvalue weighted by Crippen LogP contribution is -2.56. The molecule has 0 aliphatic carbocycles. The average molecular weight is 648 g/mol. The first-order chi connectivity index (χ1) is 21.3. The van der Waals surface area contributed by atoms with Gasteiger partial charge in [0.25, 0.3) is 0 Å². The molecule has 11 nitrogen and oxygen atoms in total. The van der Waals surface area contributed by atoms with Gasteiger partial charge in [0.15, 0.2) is 6.29 Å². The Morgan fingerprint density at radius 3 is 2.56 bits per heavy atom. The van der Waals surface area contributed by atoms with Crippen LogP contribution in [0.5, 0.6) is 5.75 Å². The van der Waals surface area contributed by atoms with Gasteiger partial charge in [0.2, 0.25) is 10.0 Å². The van der Waals surface area contributed by atoms with E-state index < -0.39 is 40.8 Å². The van der Waals surface area contributed by atoms with E-state index in [0.717, 1.165) is 29.3 Å². The molecule has 2 aromatic carbocycles. The second kappa shape index (κ2) is 15.2. The van der Waals surface area contributed by atoms with Crippen LogP contribution in [0.1, 0.15) is 51.2 Å². The fourth-order valence-electron chi connectivity index (χ4n) is 6.04. The van der Waals surface area contributed by atoms with E-state index in [-0.39, 0.29) is 29.4 Å². The molecular weight excluding hydrogens is 598 g/mol. The number of aliphatic hydroxyl groups is 1. The third kappa shape index (κ3) is 9.17. The van der Waals surface area contributed by atoms with Crippen LogP contribution in [-0.2, 0) is 37.2 Å². The molecule has 4 rings (SSSR count). The molecule has 45 heavy (non-hydrogen) atoms. The summed E-state index contributed by atoms with van der Waals surface area (Å²) in [4.78, 5) is 15.3. The lowest BCUT2D eigenvalue weighted by Gasteiger charge is -2.34. The number of ether oxygens (including phenoxy) is 4. The number of aliphatic hydroxyl groups excluding tert-OH is 1. The Kier molecular flexibility index (Phi) is 11.9. The van der Waals surface area contributed by atoms with Crippen molar-refractivity contribution in [2.45, 2.75) is 82.6 Å². The molecule has 2 aliphatic rings. The molecule has 2 fully saturated rings. The van der Waals surface area contributed by atoms with Crippen LogP contribution in [0.2, 0.25) is 0 Å². The number of alkyl carbamates (subject to hydrolysis) is 1. The molecule has 2 N–H and O–H groups in total. The molecule has 0 spiro atoms. The number of rotatable bonds is 15. The Bertz CT molecular complexity index is 1370. The molecule has 0 bridgehead atoms. The number of hydrogen-bond donors (Lipinski definition) is 2. The van der Waals surface area contributed by atoms with Crippen LogP contribution in [0.15, 0.2) is 53.4 Å². The lowest BCUT2D eigenvalue weighted by molar-refractivity contribution is -0.0907. The summed E-state index contributed by atoms with van der Waals surface area (Å²) in [6, 6.07) is 13.9. The molecule has 0 radical (unpaired) electrons. The van der Waals surface area contributed by atoms with Gasteiger partial charge in [-0.3, -0.25) is 0 Å². The predicted octanol–water partition coefficient (Wildman–Crippen LogP) is 3.99. The zero-order valence-electron chi connectivity index (χ0n) is 27.3. The number of hydrogen-bond acceptors (Lipinski definition) is 9. The van der Waals surface area contributed by atoms with Crippen molar-refractivity contribution in [3.05, 3.63) is 59.7 Å². The monoisotopic (exact) mass is 647 g/mol. The van der Waals surface area contributed by atoms with Crippen LogP contribution in [0.25, 0.3) is 0 Å². The minimum absolute atomic E-state index is 0.0364. The standard InChI is InChI=1S/C33H49N3O8S/c1-23(37)30(34-32(38)44-29-22-43-31-27(29)15-18-42-31)36(21-24-11-8-7-9-12-24)45(39,40)26-13-14-28(41-6)25(19-26)20-33(2,3)16-10-17-35(4)5/h7-9,11-14,19,23,27,29-31,37H,10,15-18,20-22H2,1-6H3,(H,34,38)/t23-,27+,29+,30+,31-/m1/s1. The van der Waals surface area contributed by atoms with Crippen molar-refractivity contribution in [1.82, 2.24) is 14.5 Å². The number of sulfonamides is 1. The summed E-state index contributed by atoms with van der Waals surface area (Å²) in [6.45, 7) is 7.34. The van der Waals surface area contributed by atoms with Crippen LogP contribution in [0.4, 0.5) is 4.79 Å². The first-order valence-corrected chi connectivity index (χ1v) is 17.0. The second-order valence-corrected chi connectivity index (χ2v) is 14.9. The average Bonchev–Trinajstić information content (AvgIpc) is 3.60. The van der Waals surface area contributed by atoms with Crippen LogP contribution in [-0.4, -0.2) is 94.5 Å². The Morgan fingerprint density at radius 2 is 1.89 bits per heavy atom. The lowest BCUT2D eigenvalue weighted by atomic mass is 9.81.